The van der Waals surface area contributed by atoms with Crippen molar-refractivity contribution >= 4 is 28.4 Å². The first-order valence-electron chi connectivity index (χ1n) is 12.4. The monoisotopic (exact) mass is 480 g/mol. The second-order valence-corrected chi connectivity index (χ2v) is 10.5. The molecule has 0 bridgehead atoms. The van der Waals surface area contributed by atoms with Gasteiger partial charge in [0.2, 0.25) is 5.91 Å². The minimum atomic E-state index is -0.491. The molecule has 2 heterocycles. The molecule has 5 rings (SSSR count). The fourth-order valence-corrected chi connectivity index (χ4v) is 5.25. The summed E-state index contributed by atoms with van der Waals surface area (Å²) in [6.45, 7) is 4.13. The molecule has 1 saturated heterocycles. The molecule has 2 aliphatic rings. The van der Waals surface area contributed by atoms with Gasteiger partial charge in [0, 0.05) is 36.9 Å². The van der Waals surface area contributed by atoms with Crippen molar-refractivity contribution in [2.45, 2.75) is 70.3 Å². The van der Waals surface area contributed by atoms with Gasteiger partial charge in [0.15, 0.2) is 0 Å². The summed E-state index contributed by atoms with van der Waals surface area (Å²) in [4.78, 5) is 12.0. The Kier molecular flexibility index (Phi) is 6.70. The predicted molar refractivity (Wildman–Crippen MR) is 135 cm³/mol. The first-order valence-corrected chi connectivity index (χ1v) is 12.7. The molecular weight excluding hydrogens is 448 g/mol. The highest BCUT2D eigenvalue weighted by Gasteiger charge is 2.31. The summed E-state index contributed by atoms with van der Waals surface area (Å²) in [5.74, 6) is 0.660. The molecule has 5 nitrogen and oxygen atoms in total. The molecule has 3 unspecified atom stereocenters. The van der Waals surface area contributed by atoms with Gasteiger partial charge in [0.1, 0.15) is 6.23 Å². The zero-order valence-corrected chi connectivity index (χ0v) is 20.6. The highest BCUT2D eigenvalue weighted by molar-refractivity contribution is 6.35. The number of aromatic nitrogens is 1. The molecule has 2 N–H and O–H groups in total. The molecular formula is C28H33ClN2O3. The van der Waals surface area contributed by atoms with Crippen LogP contribution in [0.4, 0.5) is 0 Å². The van der Waals surface area contributed by atoms with E-state index >= 15 is 0 Å². The maximum Gasteiger partial charge on any atom is 0.222 e. The molecule has 3 atom stereocenters. The van der Waals surface area contributed by atoms with Crippen LogP contribution in [0.3, 0.4) is 0 Å². The average molecular weight is 481 g/mol. The molecule has 1 amide bonds. The number of carbonyl (C=O) groups excluding carboxylic acids is 1. The number of amides is 1. The van der Waals surface area contributed by atoms with Crippen LogP contribution in [0, 0.1) is 5.92 Å². The maximum absolute atomic E-state index is 12.0. The lowest BCUT2D eigenvalue weighted by molar-refractivity contribution is -0.134. The molecule has 180 valence electrons. The summed E-state index contributed by atoms with van der Waals surface area (Å²) >= 11 is 6.68. The van der Waals surface area contributed by atoms with Gasteiger partial charge in [-0.15, -0.1) is 0 Å². The number of nitrogens with zero attached hydrogens (tertiary/aromatic N) is 1. The van der Waals surface area contributed by atoms with Crippen molar-refractivity contribution < 1.29 is 14.6 Å². The minimum Gasteiger partial charge on any atom is -0.393 e. The summed E-state index contributed by atoms with van der Waals surface area (Å²) in [6, 6.07) is 14.9. The van der Waals surface area contributed by atoms with E-state index in [-0.39, 0.29) is 24.2 Å². The number of aliphatic hydroxyl groups is 1. The van der Waals surface area contributed by atoms with E-state index in [1.807, 2.05) is 26.0 Å². The Hall–Kier alpha value is -2.34. The standard InChI is InChI=1S/C28H33ClN2O3/c1-17(2)28(33)30-15-23-13-22(32)14-26(34-23)31-16-21(27-24(29)4-3-5-25(27)31)12-18-6-8-19(9-7-18)20-10-11-20/h3-9,16-17,20,22-23,26,32H,10-15H2,1-2H3,(H,30,33). The number of halogens is 1. The predicted octanol–water partition coefficient (Wildman–Crippen LogP) is 5.57. The summed E-state index contributed by atoms with van der Waals surface area (Å²) in [5.41, 5.74) is 4.83. The van der Waals surface area contributed by atoms with Crippen molar-refractivity contribution in [2.24, 2.45) is 5.92 Å². The number of benzene rings is 2. The van der Waals surface area contributed by atoms with Gasteiger partial charge in [0.25, 0.3) is 0 Å². The quantitative estimate of drug-likeness (QED) is 0.464. The van der Waals surface area contributed by atoms with Crippen molar-refractivity contribution in [3.05, 3.63) is 70.4 Å². The molecule has 1 aliphatic heterocycles. The molecule has 34 heavy (non-hydrogen) atoms. The highest BCUT2D eigenvalue weighted by Crippen LogP contribution is 2.40. The normalized spacial score (nSPS) is 22.9. The van der Waals surface area contributed by atoms with E-state index in [1.165, 1.54) is 24.0 Å². The van der Waals surface area contributed by atoms with Gasteiger partial charge in [-0.25, -0.2) is 0 Å². The van der Waals surface area contributed by atoms with Gasteiger partial charge in [0.05, 0.1) is 22.7 Å². The molecule has 6 heteroatoms. The van der Waals surface area contributed by atoms with Crippen LogP contribution in [0.5, 0.6) is 0 Å². The van der Waals surface area contributed by atoms with E-state index < -0.39 is 6.10 Å². The minimum absolute atomic E-state index is 0.00611. The molecule has 0 radical (unpaired) electrons. The van der Waals surface area contributed by atoms with E-state index in [1.54, 1.807) is 0 Å². The largest absolute Gasteiger partial charge is 0.393 e. The highest BCUT2D eigenvalue weighted by atomic mass is 35.5. The van der Waals surface area contributed by atoms with Crippen LogP contribution in [0.25, 0.3) is 10.9 Å². The van der Waals surface area contributed by atoms with Gasteiger partial charge >= 0.3 is 0 Å². The Morgan fingerprint density at radius 1 is 1.18 bits per heavy atom. The molecule has 2 fully saturated rings. The third kappa shape index (κ3) is 5.02. The number of nitrogens with one attached hydrogen (secondary N) is 1. The topological polar surface area (TPSA) is 63.5 Å². The lowest BCUT2D eigenvalue weighted by Crippen LogP contribution is -2.42. The van der Waals surface area contributed by atoms with E-state index in [9.17, 15) is 9.90 Å². The Bertz CT molecular complexity index is 1170. The lowest BCUT2D eigenvalue weighted by atomic mass is 10.0. The third-order valence-electron chi connectivity index (χ3n) is 7.01. The van der Waals surface area contributed by atoms with Crippen LogP contribution in [-0.2, 0) is 16.0 Å². The number of ether oxygens (including phenoxy) is 1. The SMILES string of the molecule is CC(C)C(=O)NCC1CC(O)CC(n2cc(Cc3ccc(C4CC4)cc3)c3c(Cl)cccc32)O1. The van der Waals surface area contributed by atoms with Gasteiger partial charge in [-0.2, -0.15) is 0 Å². The van der Waals surface area contributed by atoms with Crippen LogP contribution < -0.4 is 5.32 Å². The molecule has 1 aliphatic carbocycles. The summed E-state index contributed by atoms with van der Waals surface area (Å²) in [5, 5.41) is 15.3. The second kappa shape index (κ2) is 9.73. The molecule has 3 aromatic rings. The Morgan fingerprint density at radius 3 is 2.65 bits per heavy atom. The van der Waals surface area contributed by atoms with Crippen LogP contribution >= 0.6 is 11.6 Å². The number of hydrogen-bond acceptors (Lipinski definition) is 3. The number of carbonyl (C=O) groups is 1. The zero-order chi connectivity index (χ0) is 23.8. The molecule has 1 saturated carbocycles. The summed E-state index contributed by atoms with van der Waals surface area (Å²) in [7, 11) is 0. The van der Waals surface area contributed by atoms with Gasteiger partial charge in [-0.3, -0.25) is 4.79 Å². The van der Waals surface area contributed by atoms with E-state index in [0.29, 0.717) is 19.4 Å². The molecule has 1 aromatic heterocycles. The Morgan fingerprint density at radius 2 is 1.94 bits per heavy atom. The fraction of sp³-hybridized carbons (Fsp3) is 0.464. The Balaban J connectivity index is 1.40. The molecule has 0 spiro atoms. The first kappa shape index (κ1) is 23.4. The van der Waals surface area contributed by atoms with Crippen molar-refractivity contribution in [3.63, 3.8) is 0 Å². The summed E-state index contributed by atoms with van der Waals surface area (Å²) < 4.78 is 8.48. The Labute approximate surface area is 206 Å². The molecule has 2 aromatic carbocycles. The van der Waals surface area contributed by atoms with Crippen LogP contribution in [0.15, 0.2) is 48.7 Å². The number of aliphatic hydroxyl groups excluding tert-OH is 1. The smallest absolute Gasteiger partial charge is 0.222 e. The summed E-state index contributed by atoms with van der Waals surface area (Å²) in [6.07, 6.45) is 5.46. The van der Waals surface area contributed by atoms with E-state index in [2.05, 4.69) is 46.4 Å². The zero-order valence-electron chi connectivity index (χ0n) is 19.8. The van der Waals surface area contributed by atoms with E-state index in [4.69, 9.17) is 16.3 Å². The van der Waals surface area contributed by atoms with Crippen molar-refractivity contribution in [2.75, 3.05) is 6.54 Å². The van der Waals surface area contributed by atoms with Gasteiger partial charge < -0.3 is 19.7 Å². The lowest BCUT2D eigenvalue weighted by Gasteiger charge is -2.34. The number of hydrogen-bond donors (Lipinski definition) is 2. The first-order chi connectivity index (χ1) is 16.4. The van der Waals surface area contributed by atoms with Crippen LogP contribution in [0.1, 0.15) is 68.4 Å². The second-order valence-electron chi connectivity index (χ2n) is 10.1. The van der Waals surface area contributed by atoms with Crippen molar-refractivity contribution in [1.82, 2.24) is 9.88 Å². The van der Waals surface area contributed by atoms with Crippen LogP contribution in [-0.4, -0.2) is 34.3 Å². The maximum atomic E-state index is 12.0. The van der Waals surface area contributed by atoms with E-state index in [0.717, 1.165) is 33.8 Å². The van der Waals surface area contributed by atoms with Crippen molar-refractivity contribution in [3.8, 4) is 0 Å². The van der Waals surface area contributed by atoms with Crippen molar-refractivity contribution in [1.29, 1.82) is 0 Å². The fourth-order valence-electron chi connectivity index (χ4n) is 4.96. The van der Waals surface area contributed by atoms with Gasteiger partial charge in [-0.05, 0) is 54.0 Å². The number of fused-ring (bicyclic) bond motifs is 1. The van der Waals surface area contributed by atoms with Crippen LogP contribution in [0.2, 0.25) is 5.02 Å². The number of rotatable bonds is 7. The average Bonchev–Trinajstić information content (AvgIpc) is 3.60. The third-order valence-corrected chi connectivity index (χ3v) is 7.32. The van der Waals surface area contributed by atoms with Gasteiger partial charge in [-0.1, -0.05) is 55.8 Å².